The number of nitrogens with one attached hydrogen (secondary N) is 1. The third kappa shape index (κ3) is 2.54. The summed E-state index contributed by atoms with van der Waals surface area (Å²) >= 11 is 0. The molecular weight excluding hydrogens is 228 g/mol. The van der Waals surface area contributed by atoms with E-state index in [1.165, 1.54) is 0 Å². The molecular formula is C14H20N2O2. The van der Waals surface area contributed by atoms with Gasteiger partial charge in [0.1, 0.15) is 6.04 Å². The Morgan fingerprint density at radius 3 is 2.72 bits per heavy atom. The molecule has 1 saturated heterocycles. The first-order chi connectivity index (χ1) is 8.53. The highest BCUT2D eigenvalue weighted by molar-refractivity contribution is 5.83. The Labute approximate surface area is 108 Å². The molecule has 1 fully saturated rings. The van der Waals surface area contributed by atoms with Gasteiger partial charge in [-0.05, 0) is 25.8 Å². The largest absolute Gasteiger partial charge is 0.376 e. The van der Waals surface area contributed by atoms with Crippen LogP contribution in [0, 0.1) is 0 Å². The van der Waals surface area contributed by atoms with E-state index >= 15 is 0 Å². The van der Waals surface area contributed by atoms with E-state index in [0.717, 1.165) is 12.0 Å². The van der Waals surface area contributed by atoms with Crippen molar-refractivity contribution in [2.24, 2.45) is 5.73 Å². The molecule has 1 aromatic rings. The Balaban J connectivity index is 2.04. The minimum absolute atomic E-state index is 0.0180. The predicted molar refractivity (Wildman–Crippen MR) is 69.9 cm³/mol. The summed E-state index contributed by atoms with van der Waals surface area (Å²) < 4.78 is 5.50. The van der Waals surface area contributed by atoms with Crippen LogP contribution in [0.5, 0.6) is 0 Å². The highest BCUT2D eigenvalue weighted by Gasteiger charge is 2.39. The van der Waals surface area contributed by atoms with Crippen molar-refractivity contribution in [1.82, 2.24) is 5.32 Å². The second kappa shape index (κ2) is 5.08. The van der Waals surface area contributed by atoms with Gasteiger partial charge in [0.25, 0.3) is 0 Å². The highest BCUT2D eigenvalue weighted by atomic mass is 16.5. The van der Waals surface area contributed by atoms with Crippen molar-refractivity contribution in [3.05, 3.63) is 35.9 Å². The van der Waals surface area contributed by atoms with Crippen molar-refractivity contribution in [3.8, 4) is 0 Å². The van der Waals surface area contributed by atoms with Gasteiger partial charge in [0.2, 0.25) is 5.91 Å². The lowest BCUT2D eigenvalue weighted by Gasteiger charge is -2.30. The topological polar surface area (TPSA) is 64.3 Å². The molecule has 1 aliphatic heterocycles. The van der Waals surface area contributed by atoms with Gasteiger partial charge < -0.3 is 15.8 Å². The monoisotopic (exact) mass is 248 g/mol. The molecule has 4 nitrogen and oxygen atoms in total. The van der Waals surface area contributed by atoms with Gasteiger partial charge in [-0.2, -0.15) is 0 Å². The lowest BCUT2D eigenvalue weighted by atomic mass is 9.93. The maximum atomic E-state index is 12.2. The predicted octanol–water partition coefficient (Wildman–Crippen LogP) is 1.37. The van der Waals surface area contributed by atoms with Crippen molar-refractivity contribution >= 4 is 5.91 Å². The molecule has 0 saturated carbocycles. The van der Waals surface area contributed by atoms with Crippen LogP contribution in [0.3, 0.4) is 0 Å². The second-order valence-corrected chi connectivity index (χ2v) is 5.06. The van der Waals surface area contributed by atoms with E-state index in [1.807, 2.05) is 44.2 Å². The maximum Gasteiger partial charge on any atom is 0.242 e. The Bertz CT molecular complexity index is 421. The number of rotatable bonds is 3. The van der Waals surface area contributed by atoms with E-state index in [1.54, 1.807) is 0 Å². The fourth-order valence-electron chi connectivity index (χ4n) is 2.17. The molecule has 0 radical (unpaired) electrons. The summed E-state index contributed by atoms with van der Waals surface area (Å²) in [6.07, 6.45) is 0.839. The number of amides is 1. The molecule has 0 spiro atoms. The third-order valence-corrected chi connectivity index (χ3v) is 3.74. The summed E-state index contributed by atoms with van der Waals surface area (Å²) in [6, 6.07) is 8.76. The summed E-state index contributed by atoms with van der Waals surface area (Å²) in [4.78, 5) is 12.2. The minimum Gasteiger partial charge on any atom is -0.376 e. The van der Waals surface area contributed by atoms with Crippen molar-refractivity contribution in [1.29, 1.82) is 0 Å². The molecule has 0 aliphatic carbocycles. The van der Waals surface area contributed by atoms with E-state index in [0.29, 0.717) is 6.61 Å². The molecule has 98 valence electrons. The Hall–Kier alpha value is -1.39. The number of carbonyl (C=O) groups is 1. The number of carbonyl (C=O) groups excluding carboxylic acids is 1. The quantitative estimate of drug-likeness (QED) is 0.849. The van der Waals surface area contributed by atoms with Gasteiger partial charge in [-0.3, -0.25) is 4.79 Å². The number of hydrogen-bond acceptors (Lipinski definition) is 3. The zero-order valence-corrected chi connectivity index (χ0v) is 10.8. The average molecular weight is 248 g/mol. The van der Waals surface area contributed by atoms with Gasteiger partial charge in [-0.1, -0.05) is 30.3 Å². The standard InChI is InChI=1S/C14H20N2O2/c1-10-14(2,8-9-18-10)16-13(17)12(15)11-6-4-3-5-7-11/h3-7,10,12H,8-9,15H2,1-2H3,(H,16,17)/t10?,12-,14?/m1/s1. The van der Waals surface area contributed by atoms with E-state index in [4.69, 9.17) is 10.5 Å². The molecule has 1 aliphatic rings. The molecule has 1 amide bonds. The van der Waals surface area contributed by atoms with Gasteiger partial charge in [0.15, 0.2) is 0 Å². The maximum absolute atomic E-state index is 12.2. The number of nitrogens with two attached hydrogens (primary N) is 1. The first-order valence-electron chi connectivity index (χ1n) is 6.27. The fourth-order valence-corrected chi connectivity index (χ4v) is 2.17. The van der Waals surface area contributed by atoms with E-state index in [-0.39, 0.29) is 17.6 Å². The van der Waals surface area contributed by atoms with Crippen LogP contribution in [-0.2, 0) is 9.53 Å². The summed E-state index contributed by atoms with van der Waals surface area (Å²) in [5, 5.41) is 3.01. The van der Waals surface area contributed by atoms with Crippen LogP contribution in [0.4, 0.5) is 0 Å². The van der Waals surface area contributed by atoms with E-state index < -0.39 is 6.04 Å². The van der Waals surface area contributed by atoms with Gasteiger partial charge in [0, 0.05) is 6.61 Å². The molecule has 0 bridgehead atoms. The van der Waals surface area contributed by atoms with Crippen LogP contribution in [0.25, 0.3) is 0 Å². The fraction of sp³-hybridized carbons (Fsp3) is 0.500. The van der Waals surface area contributed by atoms with E-state index in [2.05, 4.69) is 5.32 Å². The number of benzene rings is 1. The molecule has 3 atom stereocenters. The number of hydrogen-bond donors (Lipinski definition) is 2. The highest BCUT2D eigenvalue weighted by Crippen LogP contribution is 2.25. The molecule has 4 heteroatoms. The SMILES string of the molecule is CC1OCCC1(C)NC(=O)[C@H](N)c1ccccc1. The van der Waals surface area contributed by atoms with Crippen LogP contribution in [0.2, 0.25) is 0 Å². The zero-order chi connectivity index (χ0) is 13.2. The van der Waals surface area contributed by atoms with E-state index in [9.17, 15) is 4.79 Å². The van der Waals surface area contributed by atoms with Crippen LogP contribution in [0.15, 0.2) is 30.3 Å². The Morgan fingerprint density at radius 2 is 2.17 bits per heavy atom. The molecule has 1 aromatic carbocycles. The van der Waals surface area contributed by atoms with Gasteiger partial charge in [-0.25, -0.2) is 0 Å². The summed E-state index contributed by atoms with van der Waals surface area (Å²) in [5.41, 5.74) is 6.48. The van der Waals surface area contributed by atoms with Crippen LogP contribution >= 0.6 is 0 Å². The lowest BCUT2D eigenvalue weighted by Crippen LogP contribution is -2.53. The molecule has 2 rings (SSSR count). The molecule has 2 unspecified atom stereocenters. The Morgan fingerprint density at radius 1 is 1.50 bits per heavy atom. The Kier molecular flexibility index (Phi) is 3.68. The van der Waals surface area contributed by atoms with Gasteiger partial charge in [0.05, 0.1) is 11.6 Å². The van der Waals surface area contributed by atoms with Crippen LogP contribution < -0.4 is 11.1 Å². The lowest BCUT2D eigenvalue weighted by molar-refractivity contribution is -0.124. The first-order valence-corrected chi connectivity index (χ1v) is 6.27. The normalized spacial score (nSPS) is 28.9. The van der Waals surface area contributed by atoms with Crippen molar-refractivity contribution < 1.29 is 9.53 Å². The molecule has 3 N–H and O–H groups in total. The molecule has 0 aromatic heterocycles. The molecule has 18 heavy (non-hydrogen) atoms. The van der Waals surface area contributed by atoms with Crippen molar-refractivity contribution in [3.63, 3.8) is 0 Å². The zero-order valence-electron chi connectivity index (χ0n) is 10.8. The van der Waals surface area contributed by atoms with Crippen LogP contribution in [0.1, 0.15) is 31.9 Å². The first kappa shape index (κ1) is 13.1. The summed E-state index contributed by atoms with van der Waals surface area (Å²) in [5.74, 6) is -0.152. The second-order valence-electron chi connectivity index (χ2n) is 5.06. The van der Waals surface area contributed by atoms with Crippen molar-refractivity contribution in [2.75, 3.05) is 6.61 Å². The summed E-state index contributed by atoms with van der Waals surface area (Å²) in [7, 11) is 0. The van der Waals surface area contributed by atoms with Crippen LogP contribution in [-0.4, -0.2) is 24.2 Å². The van der Waals surface area contributed by atoms with Gasteiger partial charge in [-0.15, -0.1) is 0 Å². The third-order valence-electron chi connectivity index (χ3n) is 3.74. The minimum atomic E-state index is -0.629. The van der Waals surface area contributed by atoms with Gasteiger partial charge >= 0.3 is 0 Å². The summed E-state index contributed by atoms with van der Waals surface area (Å²) in [6.45, 7) is 4.65. The average Bonchev–Trinajstić information content (AvgIpc) is 2.69. The molecule has 1 heterocycles. The van der Waals surface area contributed by atoms with Crippen molar-refractivity contribution in [2.45, 2.75) is 38.0 Å². The smallest absolute Gasteiger partial charge is 0.242 e. The number of ether oxygens (including phenoxy) is 1.